The monoisotopic (exact) mass is 398 g/mol. The van der Waals surface area contributed by atoms with Crippen molar-refractivity contribution in [2.24, 2.45) is 5.92 Å². The minimum atomic E-state index is -3.61. The Morgan fingerprint density at radius 3 is 2.63 bits per heavy atom. The standard InChI is InChI=1S/C19H30N2O5S/c1-15(2)26-13-5-11-20-19(22)16-6-4-12-21(14-16)27(23,24)18-9-7-17(25-3)8-10-18/h7-10,15-16H,4-6,11-14H2,1-3H3,(H,20,22)/t16-/m1/s1. The van der Waals surface area contributed by atoms with Gasteiger partial charge in [0.15, 0.2) is 0 Å². The first kappa shape index (κ1) is 21.7. The van der Waals surface area contributed by atoms with Gasteiger partial charge in [-0.15, -0.1) is 0 Å². The first-order valence-corrected chi connectivity index (χ1v) is 10.8. The average molecular weight is 399 g/mol. The fourth-order valence-electron chi connectivity index (χ4n) is 3.02. The van der Waals surface area contributed by atoms with Gasteiger partial charge in [-0.05, 0) is 57.4 Å². The zero-order valence-corrected chi connectivity index (χ0v) is 17.1. The molecule has 0 unspecified atom stereocenters. The molecule has 1 N–H and O–H groups in total. The number of piperidine rings is 1. The van der Waals surface area contributed by atoms with Crippen LogP contribution in [-0.2, 0) is 19.6 Å². The molecule has 152 valence electrons. The second-order valence-electron chi connectivity index (χ2n) is 6.94. The molecule has 1 aliphatic heterocycles. The summed E-state index contributed by atoms with van der Waals surface area (Å²) in [6.45, 7) is 5.72. The lowest BCUT2D eigenvalue weighted by Gasteiger charge is -2.31. The zero-order chi connectivity index (χ0) is 19.9. The second-order valence-corrected chi connectivity index (χ2v) is 8.88. The van der Waals surface area contributed by atoms with E-state index >= 15 is 0 Å². The molecule has 1 heterocycles. The van der Waals surface area contributed by atoms with Gasteiger partial charge in [0.2, 0.25) is 15.9 Å². The highest BCUT2D eigenvalue weighted by molar-refractivity contribution is 7.89. The number of nitrogens with one attached hydrogen (secondary N) is 1. The van der Waals surface area contributed by atoms with E-state index < -0.39 is 10.0 Å². The lowest BCUT2D eigenvalue weighted by Crippen LogP contribution is -2.45. The van der Waals surface area contributed by atoms with Gasteiger partial charge < -0.3 is 14.8 Å². The molecule has 27 heavy (non-hydrogen) atoms. The highest BCUT2D eigenvalue weighted by Gasteiger charge is 2.33. The number of amides is 1. The van der Waals surface area contributed by atoms with E-state index in [1.54, 1.807) is 12.1 Å². The molecule has 7 nitrogen and oxygen atoms in total. The summed E-state index contributed by atoms with van der Waals surface area (Å²) in [6.07, 6.45) is 2.29. The molecule has 1 atom stereocenters. The maximum atomic E-state index is 12.9. The number of hydrogen-bond acceptors (Lipinski definition) is 5. The van der Waals surface area contributed by atoms with Gasteiger partial charge in [0.1, 0.15) is 5.75 Å². The van der Waals surface area contributed by atoms with Crippen molar-refractivity contribution in [2.75, 3.05) is 33.4 Å². The Hall–Kier alpha value is -1.64. The molecule has 1 saturated heterocycles. The van der Waals surface area contributed by atoms with Crippen LogP contribution < -0.4 is 10.1 Å². The summed E-state index contributed by atoms with van der Waals surface area (Å²) in [5, 5.41) is 2.90. The normalized spacial score (nSPS) is 18.4. The van der Waals surface area contributed by atoms with Gasteiger partial charge >= 0.3 is 0 Å². The molecule has 1 aliphatic rings. The van der Waals surface area contributed by atoms with Crippen LogP contribution in [0.3, 0.4) is 0 Å². The largest absolute Gasteiger partial charge is 0.497 e. The van der Waals surface area contributed by atoms with Gasteiger partial charge in [-0.1, -0.05) is 0 Å². The zero-order valence-electron chi connectivity index (χ0n) is 16.3. The van der Waals surface area contributed by atoms with Gasteiger partial charge in [0, 0.05) is 26.2 Å². The highest BCUT2D eigenvalue weighted by atomic mass is 32.2. The number of carbonyl (C=O) groups is 1. The maximum Gasteiger partial charge on any atom is 0.243 e. The fourth-order valence-corrected chi connectivity index (χ4v) is 4.54. The lowest BCUT2D eigenvalue weighted by molar-refractivity contribution is -0.126. The van der Waals surface area contributed by atoms with Crippen LogP contribution in [0, 0.1) is 5.92 Å². The van der Waals surface area contributed by atoms with Crippen LogP contribution in [-0.4, -0.2) is 58.1 Å². The van der Waals surface area contributed by atoms with Gasteiger partial charge in [-0.25, -0.2) is 8.42 Å². The minimum Gasteiger partial charge on any atom is -0.497 e. The number of methoxy groups -OCH3 is 1. The SMILES string of the molecule is COc1ccc(S(=O)(=O)N2CCC[C@@H](C(=O)NCCCOC(C)C)C2)cc1. The van der Waals surface area contributed by atoms with E-state index in [2.05, 4.69) is 5.32 Å². The number of rotatable bonds is 9. The lowest BCUT2D eigenvalue weighted by atomic mass is 9.99. The van der Waals surface area contributed by atoms with Crippen LogP contribution in [0.5, 0.6) is 5.75 Å². The molecule has 0 aromatic heterocycles. The van der Waals surface area contributed by atoms with Gasteiger partial charge in [0.25, 0.3) is 0 Å². The van der Waals surface area contributed by atoms with E-state index in [0.29, 0.717) is 38.3 Å². The Balaban J connectivity index is 1.91. The van der Waals surface area contributed by atoms with E-state index in [0.717, 1.165) is 6.42 Å². The van der Waals surface area contributed by atoms with E-state index in [9.17, 15) is 13.2 Å². The molecule has 0 spiro atoms. The molecule has 0 aliphatic carbocycles. The third-order valence-corrected chi connectivity index (χ3v) is 6.40. The Labute approximate surface area is 162 Å². The summed E-state index contributed by atoms with van der Waals surface area (Å²) in [5.41, 5.74) is 0. The van der Waals surface area contributed by atoms with Crippen LogP contribution >= 0.6 is 0 Å². The van der Waals surface area contributed by atoms with E-state index in [1.807, 2.05) is 13.8 Å². The number of sulfonamides is 1. The van der Waals surface area contributed by atoms with Crippen LogP contribution in [0.25, 0.3) is 0 Å². The molecule has 1 aromatic rings. The average Bonchev–Trinajstić information content (AvgIpc) is 2.67. The Morgan fingerprint density at radius 2 is 2.00 bits per heavy atom. The summed E-state index contributed by atoms with van der Waals surface area (Å²) < 4.78 is 37.6. The number of ether oxygens (including phenoxy) is 2. The molecule has 0 bridgehead atoms. The Morgan fingerprint density at radius 1 is 1.30 bits per heavy atom. The molecule has 2 rings (SSSR count). The van der Waals surface area contributed by atoms with Crippen LogP contribution in [0.4, 0.5) is 0 Å². The van der Waals surface area contributed by atoms with Crippen molar-refractivity contribution in [3.05, 3.63) is 24.3 Å². The van der Waals surface area contributed by atoms with Crippen LogP contribution in [0.1, 0.15) is 33.1 Å². The number of benzene rings is 1. The maximum absolute atomic E-state index is 12.9. The number of hydrogen-bond donors (Lipinski definition) is 1. The number of nitrogens with zero attached hydrogens (tertiary/aromatic N) is 1. The molecule has 8 heteroatoms. The van der Waals surface area contributed by atoms with Crippen LogP contribution in [0.2, 0.25) is 0 Å². The molecular weight excluding hydrogens is 368 g/mol. The summed E-state index contributed by atoms with van der Waals surface area (Å²) in [5.74, 6) is 0.193. The van der Waals surface area contributed by atoms with Crippen molar-refractivity contribution < 1.29 is 22.7 Å². The second kappa shape index (κ2) is 10.1. The fraction of sp³-hybridized carbons (Fsp3) is 0.632. The summed E-state index contributed by atoms with van der Waals surface area (Å²) in [4.78, 5) is 12.6. The molecule has 0 saturated carbocycles. The predicted octanol–water partition coefficient (Wildman–Crippen LogP) is 2.03. The van der Waals surface area contributed by atoms with Gasteiger partial charge in [-0.3, -0.25) is 4.79 Å². The van der Waals surface area contributed by atoms with Crippen molar-refractivity contribution in [3.8, 4) is 5.75 Å². The van der Waals surface area contributed by atoms with Crippen molar-refractivity contribution >= 4 is 15.9 Å². The van der Waals surface area contributed by atoms with Crippen LogP contribution in [0.15, 0.2) is 29.2 Å². The predicted molar refractivity (Wildman–Crippen MR) is 103 cm³/mol. The Kier molecular flexibility index (Phi) is 8.07. The minimum absolute atomic E-state index is 0.0887. The van der Waals surface area contributed by atoms with E-state index in [4.69, 9.17) is 9.47 Å². The summed E-state index contributed by atoms with van der Waals surface area (Å²) in [6, 6.07) is 6.32. The molecule has 1 amide bonds. The van der Waals surface area contributed by atoms with E-state index in [1.165, 1.54) is 23.5 Å². The first-order chi connectivity index (χ1) is 12.8. The molecule has 1 aromatic carbocycles. The number of carbonyl (C=O) groups excluding carboxylic acids is 1. The molecule has 1 fully saturated rings. The highest BCUT2D eigenvalue weighted by Crippen LogP contribution is 2.25. The van der Waals surface area contributed by atoms with Crippen molar-refractivity contribution in [1.29, 1.82) is 0 Å². The topological polar surface area (TPSA) is 84.9 Å². The smallest absolute Gasteiger partial charge is 0.243 e. The van der Waals surface area contributed by atoms with E-state index in [-0.39, 0.29) is 29.4 Å². The Bertz CT molecular complexity index is 703. The third-order valence-electron chi connectivity index (χ3n) is 4.52. The van der Waals surface area contributed by atoms with Crippen molar-refractivity contribution in [3.63, 3.8) is 0 Å². The van der Waals surface area contributed by atoms with Gasteiger partial charge in [0.05, 0.1) is 24.0 Å². The first-order valence-electron chi connectivity index (χ1n) is 9.38. The summed E-state index contributed by atoms with van der Waals surface area (Å²) >= 11 is 0. The quantitative estimate of drug-likeness (QED) is 0.644. The summed E-state index contributed by atoms with van der Waals surface area (Å²) in [7, 11) is -2.08. The molecule has 0 radical (unpaired) electrons. The molecular formula is C19H30N2O5S. The van der Waals surface area contributed by atoms with Crippen molar-refractivity contribution in [2.45, 2.75) is 44.1 Å². The third kappa shape index (κ3) is 6.19. The van der Waals surface area contributed by atoms with Crippen molar-refractivity contribution in [1.82, 2.24) is 9.62 Å². The van der Waals surface area contributed by atoms with Gasteiger partial charge in [-0.2, -0.15) is 4.31 Å².